The Morgan fingerprint density at radius 2 is 1.88 bits per heavy atom. The Bertz CT molecular complexity index is 1050. The highest BCUT2D eigenvalue weighted by Gasteiger charge is 2.21. The van der Waals surface area contributed by atoms with Gasteiger partial charge in [-0.05, 0) is 29.8 Å². The summed E-state index contributed by atoms with van der Waals surface area (Å²) in [7, 11) is 1.41. The molecule has 0 spiro atoms. The number of nitrogens with zero attached hydrogens (tertiary/aromatic N) is 4. The van der Waals surface area contributed by atoms with Gasteiger partial charge in [-0.2, -0.15) is 4.98 Å². The van der Waals surface area contributed by atoms with Crippen molar-refractivity contribution >= 4 is 22.9 Å². The zero-order chi connectivity index (χ0) is 17.9. The number of hydrogen-bond acceptors (Lipinski definition) is 5. The second-order valence-corrected chi connectivity index (χ2v) is 5.52. The largest absolute Gasteiger partial charge is 0.345 e. The fourth-order valence-electron chi connectivity index (χ4n) is 2.72. The summed E-state index contributed by atoms with van der Waals surface area (Å²) in [6.07, 6.45) is 6.99. The molecule has 3 heterocycles. The van der Waals surface area contributed by atoms with E-state index >= 15 is 0 Å². The van der Waals surface area contributed by atoms with Gasteiger partial charge in [-0.15, -0.1) is 5.06 Å². The molecule has 0 aliphatic rings. The molecule has 0 fully saturated rings. The summed E-state index contributed by atoms with van der Waals surface area (Å²) in [5.41, 5.74) is 3.07. The Morgan fingerprint density at radius 1 is 1.12 bits per heavy atom. The number of hydrogen-bond donors (Lipinski definition) is 1. The van der Waals surface area contributed by atoms with Crippen LogP contribution in [0.25, 0.3) is 22.2 Å². The predicted molar refractivity (Wildman–Crippen MR) is 97.4 cm³/mol. The van der Waals surface area contributed by atoms with Gasteiger partial charge in [0.25, 0.3) is 11.9 Å². The Kier molecular flexibility index (Phi) is 4.12. The average molecular weight is 345 g/mol. The van der Waals surface area contributed by atoms with Crippen molar-refractivity contribution in [3.63, 3.8) is 0 Å². The van der Waals surface area contributed by atoms with Crippen molar-refractivity contribution in [2.24, 2.45) is 0 Å². The number of nitrogens with one attached hydrogen (secondary N) is 1. The van der Waals surface area contributed by atoms with Crippen molar-refractivity contribution in [1.82, 2.24) is 19.9 Å². The van der Waals surface area contributed by atoms with Gasteiger partial charge < -0.3 is 4.98 Å². The molecular weight excluding hydrogens is 330 g/mol. The normalized spacial score (nSPS) is 10.8. The lowest BCUT2D eigenvalue weighted by atomic mass is 10.1. The number of hydroxylamine groups is 1. The third-order valence-electron chi connectivity index (χ3n) is 3.98. The molecule has 0 radical (unpaired) electrons. The van der Waals surface area contributed by atoms with Crippen molar-refractivity contribution in [1.29, 1.82) is 0 Å². The van der Waals surface area contributed by atoms with E-state index in [-0.39, 0.29) is 11.9 Å². The van der Waals surface area contributed by atoms with Crippen molar-refractivity contribution < 1.29 is 9.63 Å². The maximum atomic E-state index is 12.6. The lowest BCUT2D eigenvalue weighted by molar-refractivity contribution is 0.0764. The number of anilines is 1. The average Bonchev–Trinajstić information content (AvgIpc) is 3.13. The standard InChI is InChI=1S/C19H15N5O2/c1-26-24(18(25)14-5-3-2-4-6-14)19-22-12-16-15(11-21-17(16)23-19)13-7-9-20-10-8-13/h2-12H,1H3,(H,21,22,23). The molecule has 0 bridgehead atoms. The second-order valence-electron chi connectivity index (χ2n) is 5.52. The molecule has 0 saturated heterocycles. The minimum Gasteiger partial charge on any atom is -0.345 e. The van der Waals surface area contributed by atoms with Crippen LogP contribution in [0, 0.1) is 0 Å². The molecule has 4 aromatic rings. The number of pyridine rings is 1. The van der Waals surface area contributed by atoms with Gasteiger partial charge >= 0.3 is 0 Å². The molecule has 0 unspecified atom stereocenters. The molecule has 26 heavy (non-hydrogen) atoms. The van der Waals surface area contributed by atoms with Crippen LogP contribution in [0.5, 0.6) is 0 Å². The van der Waals surface area contributed by atoms with Crippen molar-refractivity contribution in [3.05, 3.63) is 72.8 Å². The molecule has 7 heteroatoms. The molecule has 3 aromatic heterocycles. The number of fused-ring (bicyclic) bond motifs is 1. The topological polar surface area (TPSA) is 84.0 Å². The van der Waals surface area contributed by atoms with Gasteiger partial charge in [-0.1, -0.05) is 18.2 Å². The Labute approximate surface area is 149 Å². The highest BCUT2D eigenvalue weighted by atomic mass is 16.7. The summed E-state index contributed by atoms with van der Waals surface area (Å²) in [4.78, 5) is 33.8. The fourth-order valence-corrected chi connectivity index (χ4v) is 2.72. The molecule has 0 aliphatic heterocycles. The van der Waals surface area contributed by atoms with E-state index in [0.29, 0.717) is 11.2 Å². The zero-order valence-electron chi connectivity index (χ0n) is 14.0. The number of aromatic nitrogens is 4. The monoisotopic (exact) mass is 345 g/mol. The quantitative estimate of drug-likeness (QED) is 0.574. The van der Waals surface area contributed by atoms with Gasteiger partial charge in [-0.3, -0.25) is 14.6 Å². The molecule has 0 saturated carbocycles. The van der Waals surface area contributed by atoms with E-state index in [1.165, 1.54) is 7.11 Å². The number of H-pyrrole nitrogens is 1. The lowest BCUT2D eigenvalue weighted by Crippen LogP contribution is -2.31. The van der Waals surface area contributed by atoms with Gasteiger partial charge in [0, 0.05) is 41.3 Å². The molecule has 1 amide bonds. The van der Waals surface area contributed by atoms with E-state index in [2.05, 4.69) is 19.9 Å². The molecule has 128 valence electrons. The first kappa shape index (κ1) is 15.9. The van der Waals surface area contributed by atoms with Crippen LogP contribution in [0.15, 0.2) is 67.3 Å². The van der Waals surface area contributed by atoms with Crippen molar-refractivity contribution in [2.45, 2.75) is 0 Å². The van der Waals surface area contributed by atoms with Crippen LogP contribution in [0.1, 0.15) is 10.4 Å². The number of rotatable bonds is 4. The van der Waals surface area contributed by atoms with Crippen LogP contribution in [-0.4, -0.2) is 33.0 Å². The number of benzene rings is 1. The van der Waals surface area contributed by atoms with E-state index in [9.17, 15) is 4.79 Å². The summed E-state index contributed by atoms with van der Waals surface area (Å²) < 4.78 is 0. The molecule has 7 nitrogen and oxygen atoms in total. The number of carbonyl (C=O) groups is 1. The lowest BCUT2D eigenvalue weighted by Gasteiger charge is -2.17. The van der Waals surface area contributed by atoms with Crippen LogP contribution < -0.4 is 5.06 Å². The number of aromatic amines is 1. The first-order valence-electron chi connectivity index (χ1n) is 7.96. The molecular formula is C19H15N5O2. The van der Waals surface area contributed by atoms with Crippen LogP contribution in [0.4, 0.5) is 5.95 Å². The van der Waals surface area contributed by atoms with Crippen LogP contribution in [0.3, 0.4) is 0 Å². The highest BCUT2D eigenvalue weighted by Crippen LogP contribution is 2.27. The van der Waals surface area contributed by atoms with Gasteiger partial charge in [0.05, 0.1) is 7.11 Å². The van der Waals surface area contributed by atoms with Crippen molar-refractivity contribution in [2.75, 3.05) is 12.2 Å². The SMILES string of the molecule is CON(C(=O)c1ccccc1)c1ncc2c(-c3ccncc3)c[nH]c2n1. The maximum absolute atomic E-state index is 12.6. The minimum atomic E-state index is -0.339. The minimum absolute atomic E-state index is 0.164. The first-order chi connectivity index (χ1) is 12.8. The Hall–Kier alpha value is -3.58. The van der Waals surface area contributed by atoms with Crippen LogP contribution in [-0.2, 0) is 4.84 Å². The molecule has 1 aromatic carbocycles. The van der Waals surface area contributed by atoms with Crippen molar-refractivity contribution in [3.8, 4) is 11.1 Å². The van der Waals surface area contributed by atoms with Gasteiger partial charge in [0.15, 0.2) is 0 Å². The van der Waals surface area contributed by atoms with Gasteiger partial charge in [0.2, 0.25) is 0 Å². The molecule has 0 aliphatic carbocycles. The zero-order valence-corrected chi connectivity index (χ0v) is 14.0. The Morgan fingerprint density at radius 3 is 2.62 bits per heavy atom. The predicted octanol–water partition coefficient (Wildman–Crippen LogP) is 3.23. The summed E-state index contributed by atoms with van der Waals surface area (Å²) in [6, 6.07) is 12.7. The Balaban J connectivity index is 1.72. The highest BCUT2D eigenvalue weighted by molar-refractivity contribution is 6.04. The smallest absolute Gasteiger partial charge is 0.284 e. The third kappa shape index (κ3) is 2.80. The second kappa shape index (κ2) is 6.73. The van der Waals surface area contributed by atoms with Gasteiger partial charge in [-0.25, -0.2) is 4.98 Å². The third-order valence-corrected chi connectivity index (χ3v) is 3.98. The van der Waals surface area contributed by atoms with E-state index < -0.39 is 0 Å². The molecule has 1 N–H and O–H groups in total. The van der Waals surface area contributed by atoms with E-state index in [1.807, 2.05) is 24.4 Å². The summed E-state index contributed by atoms with van der Waals surface area (Å²) in [5.74, 6) is -0.176. The van der Waals surface area contributed by atoms with E-state index in [1.54, 1.807) is 42.9 Å². The summed E-state index contributed by atoms with van der Waals surface area (Å²) in [6.45, 7) is 0. The fraction of sp³-hybridized carbons (Fsp3) is 0.0526. The number of amides is 1. The molecule has 4 rings (SSSR count). The molecule has 0 atom stereocenters. The van der Waals surface area contributed by atoms with E-state index in [0.717, 1.165) is 21.6 Å². The first-order valence-corrected chi connectivity index (χ1v) is 7.96. The van der Waals surface area contributed by atoms with Crippen LogP contribution >= 0.6 is 0 Å². The summed E-state index contributed by atoms with van der Waals surface area (Å²) in [5, 5.41) is 1.92. The summed E-state index contributed by atoms with van der Waals surface area (Å²) >= 11 is 0. The van der Waals surface area contributed by atoms with E-state index in [4.69, 9.17) is 4.84 Å². The number of carbonyl (C=O) groups excluding carboxylic acids is 1. The van der Waals surface area contributed by atoms with Gasteiger partial charge in [0.1, 0.15) is 5.65 Å². The maximum Gasteiger partial charge on any atom is 0.284 e. The van der Waals surface area contributed by atoms with Crippen LogP contribution in [0.2, 0.25) is 0 Å².